The maximum Gasteiger partial charge on any atom is 0.322 e. The Labute approximate surface area is 109 Å². The number of benzene rings is 1. The third-order valence-corrected chi connectivity index (χ3v) is 3.47. The number of carbonyl (C=O) groups excluding carboxylic acids is 1. The third kappa shape index (κ3) is 2.22. The van der Waals surface area contributed by atoms with E-state index in [2.05, 4.69) is 51.2 Å². The first-order chi connectivity index (χ1) is 8.52. The van der Waals surface area contributed by atoms with Crippen LogP contribution in [0.5, 0.6) is 0 Å². The molecule has 2 rings (SSSR count). The molecule has 0 bridgehead atoms. The minimum Gasteiger partial charge on any atom is -0.336 e. The summed E-state index contributed by atoms with van der Waals surface area (Å²) < 4.78 is 0. The molecule has 0 aliphatic carbocycles. The molecule has 3 heteroatoms. The topological polar surface area (TPSA) is 32.3 Å². The van der Waals surface area contributed by atoms with Gasteiger partial charge in [0.1, 0.15) is 0 Å². The second-order valence-electron chi connectivity index (χ2n) is 5.48. The number of rotatable bonds is 3. The van der Waals surface area contributed by atoms with Gasteiger partial charge in [-0.1, -0.05) is 45.9 Å². The zero-order valence-corrected chi connectivity index (χ0v) is 11.7. The summed E-state index contributed by atoms with van der Waals surface area (Å²) in [6, 6.07) is 6.40. The number of para-hydroxylation sites is 1. The van der Waals surface area contributed by atoms with Crippen LogP contribution in [0.15, 0.2) is 18.2 Å². The summed E-state index contributed by atoms with van der Waals surface area (Å²) in [7, 11) is 0. The molecule has 98 valence electrons. The fourth-order valence-corrected chi connectivity index (χ4v) is 2.51. The Morgan fingerprint density at radius 3 is 2.06 bits per heavy atom. The molecular formula is C15H22N2O. The van der Waals surface area contributed by atoms with E-state index in [-0.39, 0.29) is 6.03 Å². The molecular weight excluding hydrogens is 224 g/mol. The van der Waals surface area contributed by atoms with Crippen molar-refractivity contribution < 1.29 is 4.79 Å². The van der Waals surface area contributed by atoms with Crippen molar-refractivity contribution in [1.29, 1.82) is 0 Å². The number of amides is 2. The van der Waals surface area contributed by atoms with Crippen molar-refractivity contribution >= 4 is 11.7 Å². The summed E-state index contributed by atoms with van der Waals surface area (Å²) in [5, 5.41) is 2.89. The lowest BCUT2D eigenvalue weighted by Gasteiger charge is -2.25. The Morgan fingerprint density at radius 1 is 1.11 bits per heavy atom. The Kier molecular flexibility index (Phi) is 3.60. The number of hydrogen-bond acceptors (Lipinski definition) is 1. The molecule has 0 spiro atoms. The Hall–Kier alpha value is -1.51. The maximum atomic E-state index is 11.9. The summed E-state index contributed by atoms with van der Waals surface area (Å²) in [4.78, 5) is 13.8. The van der Waals surface area contributed by atoms with Crippen molar-refractivity contribution in [3.63, 3.8) is 0 Å². The molecule has 18 heavy (non-hydrogen) atoms. The molecule has 3 nitrogen and oxygen atoms in total. The van der Waals surface area contributed by atoms with Gasteiger partial charge in [-0.3, -0.25) is 4.90 Å². The second kappa shape index (κ2) is 5.01. The number of nitrogens with one attached hydrogen (secondary N) is 1. The van der Waals surface area contributed by atoms with E-state index >= 15 is 0 Å². The van der Waals surface area contributed by atoms with Gasteiger partial charge in [-0.15, -0.1) is 0 Å². The summed E-state index contributed by atoms with van der Waals surface area (Å²) in [6.45, 7) is 10.2. The molecule has 1 aromatic rings. The highest BCUT2D eigenvalue weighted by molar-refractivity contribution is 5.96. The molecule has 0 radical (unpaired) electrons. The first-order valence-corrected chi connectivity index (χ1v) is 6.70. The van der Waals surface area contributed by atoms with Gasteiger partial charge >= 0.3 is 6.03 Å². The molecule has 1 saturated heterocycles. The van der Waals surface area contributed by atoms with Gasteiger partial charge in [0.25, 0.3) is 0 Å². The predicted molar refractivity (Wildman–Crippen MR) is 75.4 cm³/mol. The number of anilines is 1. The molecule has 0 aromatic heterocycles. The smallest absolute Gasteiger partial charge is 0.322 e. The van der Waals surface area contributed by atoms with Gasteiger partial charge in [-0.05, 0) is 23.0 Å². The summed E-state index contributed by atoms with van der Waals surface area (Å²) in [5.41, 5.74) is 3.65. The lowest BCUT2D eigenvalue weighted by molar-refractivity contribution is 0.252. The monoisotopic (exact) mass is 246 g/mol. The highest BCUT2D eigenvalue weighted by Crippen LogP contribution is 2.35. The summed E-state index contributed by atoms with van der Waals surface area (Å²) in [6.07, 6.45) is 0. The standard InChI is InChI=1S/C15H22N2O/c1-10(2)12-6-5-7-13(11(3)4)14(12)17-9-8-16-15(17)18/h5-7,10-11H,8-9H2,1-4H3,(H,16,18). The molecule has 0 saturated carbocycles. The maximum absolute atomic E-state index is 11.9. The van der Waals surface area contributed by atoms with E-state index in [1.54, 1.807) is 0 Å². The fraction of sp³-hybridized carbons (Fsp3) is 0.533. The number of nitrogens with zero attached hydrogens (tertiary/aromatic N) is 1. The molecule has 0 unspecified atom stereocenters. The molecule has 0 atom stereocenters. The minimum atomic E-state index is 0.0324. The molecule has 2 amide bonds. The van der Waals surface area contributed by atoms with Crippen LogP contribution in [0.25, 0.3) is 0 Å². The van der Waals surface area contributed by atoms with E-state index in [0.717, 1.165) is 18.8 Å². The van der Waals surface area contributed by atoms with Crippen LogP contribution < -0.4 is 10.2 Å². The molecule has 1 aliphatic heterocycles. The van der Waals surface area contributed by atoms with Crippen molar-refractivity contribution in [3.8, 4) is 0 Å². The molecule has 1 fully saturated rings. The van der Waals surface area contributed by atoms with Crippen molar-refractivity contribution in [1.82, 2.24) is 5.32 Å². The van der Waals surface area contributed by atoms with Gasteiger partial charge < -0.3 is 5.32 Å². The Balaban J connectivity index is 2.56. The van der Waals surface area contributed by atoms with Crippen LogP contribution in [0.3, 0.4) is 0 Å². The third-order valence-electron chi connectivity index (χ3n) is 3.47. The average molecular weight is 246 g/mol. The van der Waals surface area contributed by atoms with Gasteiger partial charge in [-0.2, -0.15) is 0 Å². The van der Waals surface area contributed by atoms with Gasteiger partial charge in [0.05, 0.1) is 5.69 Å². The van der Waals surface area contributed by atoms with E-state index < -0.39 is 0 Å². The normalized spacial score (nSPS) is 15.7. The highest BCUT2D eigenvalue weighted by atomic mass is 16.2. The first-order valence-electron chi connectivity index (χ1n) is 6.70. The molecule has 1 aromatic carbocycles. The molecule has 1 heterocycles. The quantitative estimate of drug-likeness (QED) is 0.870. The van der Waals surface area contributed by atoms with Gasteiger partial charge in [0.2, 0.25) is 0 Å². The molecule has 1 aliphatic rings. The van der Waals surface area contributed by atoms with E-state index in [0.29, 0.717) is 11.8 Å². The average Bonchev–Trinajstić information content (AvgIpc) is 2.74. The van der Waals surface area contributed by atoms with Crippen LogP contribution in [0.4, 0.5) is 10.5 Å². The van der Waals surface area contributed by atoms with Crippen molar-refractivity contribution in [3.05, 3.63) is 29.3 Å². The lowest BCUT2D eigenvalue weighted by atomic mass is 9.92. The van der Waals surface area contributed by atoms with Gasteiger partial charge in [0.15, 0.2) is 0 Å². The van der Waals surface area contributed by atoms with E-state index in [9.17, 15) is 4.79 Å². The van der Waals surface area contributed by atoms with Gasteiger partial charge in [-0.25, -0.2) is 4.79 Å². The van der Waals surface area contributed by atoms with Crippen LogP contribution >= 0.6 is 0 Å². The van der Waals surface area contributed by atoms with Crippen molar-refractivity contribution in [2.24, 2.45) is 0 Å². The second-order valence-corrected chi connectivity index (χ2v) is 5.48. The van der Waals surface area contributed by atoms with E-state index in [1.165, 1.54) is 11.1 Å². The Morgan fingerprint density at radius 2 is 1.67 bits per heavy atom. The predicted octanol–water partition coefficient (Wildman–Crippen LogP) is 3.46. The van der Waals surface area contributed by atoms with Crippen molar-refractivity contribution in [2.75, 3.05) is 18.0 Å². The van der Waals surface area contributed by atoms with E-state index in [1.807, 2.05) is 4.90 Å². The van der Waals surface area contributed by atoms with E-state index in [4.69, 9.17) is 0 Å². The zero-order chi connectivity index (χ0) is 13.3. The van der Waals surface area contributed by atoms with Gasteiger partial charge in [0, 0.05) is 13.1 Å². The number of carbonyl (C=O) groups is 1. The largest absolute Gasteiger partial charge is 0.336 e. The molecule has 1 N–H and O–H groups in total. The minimum absolute atomic E-state index is 0.0324. The summed E-state index contributed by atoms with van der Waals surface area (Å²) >= 11 is 0. The highest BCUT2D eigenvalue weighted by Gasteiger charge is 2.27. The van der Waals surface area contributed by atoms with Crippen molar-refractivity contribution in [2.45, 2.75) is 39.5 Å². The summed E-state index contributed by atoms with van der Waals surface area (Å²) in [5.74, 6) is 0.846. The van der Waals surface area contributed by atoms with Crippen LogP contribution in [0.1, 0.15) is 50.7 Å². The zero-order valence-electron chi connectivity index (χ0n) is 11.7. The van der Waals surface area contributed by atoms with Crippen LogP contribution in [-0.2, 0) is 0 Å². The lowest BCUT2D eigenvalue weighted by Crippen LogP contribution is -2.30. The number of urea groups is 1. The SMILES string of the molecule is CC(C)c1cccc(C(C)C)c1N1CCNC1=O. The van der Waals surface area contributed by atoms with Crippen LogP contribution in [0, 0.1) is 0 Å². The number of hydrogen-bond donors (Lipinski definition) is 1. The Bertz CT molecular complexity index is 426. The first kappa shape index (κ1) is 12.9. The van der Waals surface area contributed by atoms with Crippen LogP contribution in [0.2, 0.25) is 0 Å². The fourth-order valence-electron chi connectivity index (χ4n) is 2.51. The van der Waals surface area contributed by atoms with Crippen LogP contribution in [-0.4, -0.2) is 19.1 Å².